The van der Waals surface area contributed by atoms with Crippen molar-refractivity contribution in [2.45, 2.75) is 18.9 Å². The smallest absolute Gasteiger partial charge is 0.223 e. The van der Waals surface area contributed by atoms with E-state index in [0.29, 0.717) is 13.0 Å². The highest BCUT2D eigenvalue weighted by atomic mass is 19.1. The van der Waals surface area contributed by atoms with Gasteiger partial charge in [-0.05, 0) is 40.5 Å². The number of fused-ring (bicyclic) bond motifs is 1. The quantitative estimate of drug-likeness (QED) is 0.192. The summed E-state index contributed by atoms with van der Waals surface area (Å²) in [6, 6.07) is 35.8. The maximum absolute atomic E-state index is 13.8. The van der Waals surface area contributed by atoms with Gasteiger partial charge in [0, 0.05) is 68.7 Å². The molecule has 6 rings (SSSR count). The number of aromatic nitrogens is 1. The van der Waals surface area contributed by atoms with Crippen LogP contribution in [-0.4, -0.2) is 53.0 Å². The molecule has 0 radical (unpaired) electrons. The Balaban J connectivity index is 1.19. The third kappa shape index (κ3) is 6.53. The Morgan fingerprint density at radius 3 is 2.19 bits per heavy atom. The van der Waals surface area contributed by atoms with Crippen molar-refractivity contribution in [2.24, 2.45) is 0 Å². The number of carbonyl (C=O) groups is 1. The monoisotopic (exact) mass is 557 g/mol. The second-order valence-electron chi connectivity index (χ2n) is 11.0. The van der Waals surface area contributed by atoms with Crippen LogP contribution in [0.15, 0.2) is 121 Å². The van der Waals surface area contributed by atoms with Crippen LogP contribution in [0.25, 0.3) is 17.0 Å². The van der Waals surface area contributed by atoms with E-state index in [9.17, 15) is 9.18 Å². The lowest BCUT2D eigenvalue weighted by molar-refractivity contribution is -0.133. The Labute approximate surface area is 247 Å². The Morgan fingerprint density at radius 1 is 0.786 bits per heavy atom. The molecule has 2 heterocycles. The number of nitrogens with zero attached hydrogens (tertiary/aromatic N) is 3. The molecule has 4 nitrogen and oxygen atoms in total. The number of benzene rings is 4. The van der Waals surface area contributed by atoms with E-state index in [2.05, 4.69) is 82.4 Å². The first-order chi connectivity index (χ1) is 20.6. The summed E-state index contributed by atoms with van der Waals surface area (Å²) in [5, 5.41) is 1.15. The van der Waals surface area contributed by atoms with E-state index in [-0.39, 0.29) is 17.6 Å². The van der Waals surface area contributed by atoms with E-state index in [1.165, 1.54) is 17.7 Å². The molecule has 1 fully saturated rings. The van der Waals surface area contributed by atoms with Gasteiger partial charge in [0.05, 0.1) is 0 Å². The van der Waals surface area contributed by atoms with Crippen LogP contribution in [0.4, 0.5) is 4.39 Å². The van der Waals surface area contributed by atoms with E-state index >= 15 is 0 Å². The minimum absolute atomic E-state index is 0.0649. The fourth-order valence-electron chi connectivity index (χ4n) is 5.95. The highest BCUT2D eigenvalue weighted by molar-refractivity contribution is 5.87. The molecule has 1 amide bonds. The number of carbonyl (C=O) groups excluding carboxylic acids is 1. The molecule has 1 atom stereocenters. The van der Waals surface area contributed by atoms with E-state index < -0.39 is 0 Å². The number of hydrogen-bond donors (Lipinski definition) is 0. The molecule has 1 aromatic heterocycles. The van der Waals surface area contributed by atoms with Crippen LogP contribution in [0.5, 0.6) is 0 Å². The molecule has 0 N–H and O–H groups in total. The van der Waals surface area contributed by atoms with Crippen LogP contribution in [0.2, 0.25) is 0 Å². The van der Waals surface area contributed by atoms with Gasteiger partial charge < -0.3 is 9.47 Å². The average Bonchev–Trinajstić information content (AvgIpc) is 3.40. The molecule has 5 aromatic rings. The Hall–Kier alpha value is -4.48. The summed E-state index contributed by atoms with van der Waals surface area (Å²) in [5.74, 6) is -0.104. The number of amides is 1. The fourth-order valence-corrected chi connectivity index (χ4v) is 5.95. The third-order valence-corrected chi connectivity index (χ3v) is 8.24. The SMILES string of the molecule is O=C(C[C@H](c1ccccc1)c1cn(Cc2ccc(F)cc2)c2ccccc12)N1CCN(C/C=C/c2ccccc2)CC1. The van der Waals surface area contributed by atoms with Crippen molar-refractivity contribution in [3.63, 3.8) is 0 Å². The predicted molar refractivity (Wildman–Crippen MR) is 169 cm³/mol. The number of rotatable bonds is 9. The zero-order chi connectivity index (χ0) is 28.7. The standard InChI is InChI=1S/C37H36FN3O/c38-32-19-17-30(18-20-32)27-41-28-35(33-15-7-8-16-36(33)41)34(31-13-5-2-6-14-31)26-37(42)40-24-22-39(23-25-40)21-9-12-29-10-3-1-4-11-29/h1-20,28,34H,21-27H2/b12-9+/t34-/m1/s1. The van der Waals surface area contributed by atoms with Crippen molar-refractivity contribution in [1.82, 2.24) is 14.4 Å². The van der Waals surface area contributed by atoms with Gasteiger partial charge in [-0.2, -0.15) is 0 Å². The van der Waals surface area contributed by atoms with E-state index in [0.717, 1.165) is 60.3 Å². The van der Waals surface area contributed by atoms with Crippen molar-refractivity contribution in [3.8, 4) is 0 Å². The lowest BCUT2D eigenvalue weighted by Gasteiger charge is -2.35. The summed E-state index contributed by atoms with van der Waals surface area (Å²) in [7, 11) is 0. The molecule has 5 heteroatoms. The summed E-state index contributed by atoms with van der Waals surface area (Å²) in [4.78, 5) is 18.2. The Bertz CT molecular complexity index is 1640. The lowest BCUT2D eigenvalue weighted by atomic mass is 9.87. The topological polar surface area (TPSA) is 28.5 Å². The second-order valence-corrected chi connectivity index (χ2v) is 11.0. The molecule has 4 aromatic carbocycles. The van der Waals surface area contributed by atoms with Gasteiger partial charge in [0.15, 0.2) is 0 Å². The molecule has 42 heavy (non-hydrogen) atoms. The van der Waals surface area contributed by atoms with E-state index in [1.807, 2.05) is 47.4 Å². The van der Waals surface area contributed by atoms with Gasteiger partial charge in [-0.1, -0.05) is 103 Å². The highest BCUT2D eigenvalue weighted by Gasteiger charge is 2.27. The number of halogens is 1. The van der Waals surface area contributed by atoms with Crippen LogP contribution < -0.4 is 0 Å². The maximum atomic E-state index is 13.8. The molecular weight excluding hydrogens is 521 g/mol. The first kappa shape index (κ1) is 27.7. The van der Waals surface area contributed by atoms with Gasteiger partial charge in [-0.15, -0.1) is 0 Å². The van der Waals surface area contributed by atoms with Gasteiger partial charge in [-0.25, -0.2) is 4.39 Å². The largest absolute Gasteiger partial charge is 0.343 e. The van der Waals surface area contributed by atoms with Crippen LogP contribution in [0.1, 0.15) is 34.6 Å². The fraction of sp³-hybridized carbons (Fsp3) is 0.216. The minimum Gasteiger partial charge on any atom is -0.343 e. The van der Waals surface area contributed by atoms with Crippen LogP contribution >= 0.6 is 0 Å². The summed E-state index contributed by atoms with van der Waals surface area (Å²) in [5.41, 5.74) is 5.64. The molecule has 0 bridgehead atoms. The molecule has 0 spiro atoms. The Morgan fingerprint density at radius 2 is 1.45 bits per heavy atom. The minimum atomic E-state index is -0.232. The van der Waals surface area contributed by atoms with E-state index in [4.69, 9.17) is 0 Å². The van der Waals surface area contributed by atoms with E-state index in [1.54, 1.807) is 0 Å². The van der Waals surface area contributed by atoms with Crippen molar-refractivity contribution < 1.29 is 9.18 Å². The molecule has 0 unspecified atom stereocenters. The normalized spacial score (nSPS) is 14.9. The zero-order valence-corrected chi connectivity index (χ0v) is 23.8. The van der Waals surface area contributed by atoms with Crippen molar-refractivity contribution >= 4 is 22.9 Å². The summed E-state index contributed by atoms with van der Waals surface area (Å²) in [6.45, 7) is 4.75. The number of piperazine rings is 1. The molecule has 1 saturated heterocycles. The summed E-state index contributed by atoms with van der Waals surface area (Å²) < 4.78 is 15.8. The van der Waals surface area contributed by atoms with Gasteiger partial charge in [-0.3, -0.25) is 9.69 Å². The van der Waals surface area contributed by atoms with Crippen molar-refractivity contribution in [3.05, 3.63) is 150 Å². The van der Waals surface area contributed by atoms with Crippen LogP contribution in [0, 0.1) is 5.82 Å². The molecular formula is C37H36FN3O. The molecule has 1 aliphatic heterocycles. The maximum Gasteiger partial charge on any atom is 0.223 e. The van der Waals surface area contributed by atoms with Crippen LogP contribution in [0.3, 0.4) is 0 Å². The van der Waals surface area contributed by atoms with Gasteiger partial charge >= 0.3 is 0 Å². The average molecular weight is 558 g/mol. The molecule has 0 aliphatic carbocycles. The summed E-state index contributed by atoms with van der Waals surface area (Å²) >= 11 is 0. The Kier molecular flexibility index (Phi) is 8.57. The molecule has 0 saturated carbocycles. The van der Waals surface area contributed by atoms with Gasteiger partial charge in [0.2, 0.25) is 5.91 Å². The molecule has 1 aliphatic rings. The lowest BCUT2D eigenvalue weighted by Crippen LogP contribution is -2.48. The third-order valence-electron chi connectivity index (χ3n) is 8.24. The zero-order valence-electron chi connectivity index (χ0n) is 23.8. The van der Waals surface area contributed by atoms with Crippen molar-refractivity contribution in [1.29, 1.82) is 0 Å². The first-order valence-corrected chi connectivity index (χ1v) is 14.7. The second kappa shape index (κ2) is 13.0. The van der Waals surface area contributed by atoms with Crippen LogP contribution in [-0.2, 0) is 11.3 Å². The molecule has 212 valence electrons. The van der Waals surface area contributed by atoms with Crippen molar-refractivity contribution in [2.75, 3.05) is 32.7 Å². The summed E-state index contributed by atoms with van der Waals surface area (Å²) in [6.07, 6.45) is 6.98. The van der Waals surface area contributed by atoms with Gasteiger partial charge in [0.1, 0.15) is 5.82 Å². The number of hydrogen-bond acceptors (Lipinski definition) is 2. The van der Waals surface area contributed by atoms with Gasteiger partial charge in [0.25, 0.3) is 0 Å². The highest BCUT2D eigenvalue weighted by Crippen LogP contribution is 2.35. The first-order valence-electron chi connectivity index (χ1n) is 14.7. The predicted octanol–water partition coefficient (Wildman–Crippen LogP) is 7.21. The number of para-hydroxylation sites is 1.